The highest BCUT2D eigenvalue weighted by atomic mass is 35.5. The first-order chi connectivity index (χ1) is 27.7. The van der Waals surface area contributed by atoms with E-state index >= 15 is 0 Å². The van der Waals surface area contributed by atoms with E-state index < -0.39 is 11.2 Å². The predicted octanol–water partition coefficient (Wildman–Crippen LogP) is 4.38. The van der Waals surface area contributed by atoms with Gasteiger partial charge >= 0.3 is 12.2 Å². The summed E-state index contributed by atoms with van der Waals surface area (Å²) in [5, 5.41) is 6.06. The lowest BCUT2D eigenvalue weighted by atomic mass is 10.0. The highest BCUT2D eigenvalue weighted by Gasteiger charge is 2.33. The van der Waals surface area contributed by atoms with E-state index in [2.05, 4.69) is 85.6 Å². The van der Waals surface area contributed by atoms with Crippen molar-refractivity contribution in [3.8, 4) is 0 Å². The van der Waals surface area contributed by atoms with Gasteiger partial charge in [-0.05, 0) is 104 Å². The minimum atomic E-state index is -0.451. The fourth-order valence-electron chi connectivity index (χ4n) is 7.15. The number of hydrogen-bond donors (Lipinski definition) is 3. The van der Waals surface area contributed by atoms with Crippen LogP contribution in [0.1, 0.15) is 96.9 Å². The number of nitrogens with zero attached hydrogens (tertiary/aromatic N) is 5. The zero-order chi connectivity index (χ0) is 45.8. The van der Waals surface area contributed by atoms with Crippen molar-refractivity contribution in [3.05, 3.63) is 0 Å². The molecule has 0 aliphatic carbocycles. The van der Waals surface area contributed by atoms with Crippen molar-refractivity contribution in [2.75, 3.05) is 145 Å². The molecule has 0 radical (unpaired) electrons. The first kappa shape index (κ1) is 59.4. The molecule has 61 heavy (non-hydrogen) atoms. The van der Waals surface area contributed by atoms with E-state index in [-0.39, 0.29) is 46.7 Å². The zero-order valence-corrected chi connectivity index (χ0v) is 42.4. The second-order valence-electron chi connectivity index (χ2n) is 20.6. The molecule has 4 rings (SSSR count). The summed E-state index contributed by atoms with van der Waals surface area (Å²) in [5.41, 5.74) is 5.00. The van der Waals surface area contributed by atoms with Gasteiger partial charge in [-0.3, -0.25) is 19.6 Å². The topological polar surface area (TPSA) is 156 Å². The van der Waals surface area contributed by atoms with Gasteiger partial charge in [-0.1, -0.05) is 0 Å². The van der Waals surface area contributed by atoms with Crippen LogP contribution in [-0.2, 0) is 28.4 Å². The van der Waals surface area contributed by atoms with Gasteiger partial charge in [-0.15, -0.1) is 12.4 Å². The van der Waals surface area contributed by atoms with E-state index in [1.54, 1.807) is 11.9 Å². The lowest BCUT2D eigenvalue weighted by Gasteiger charge is -2.42. The maximum atomic E-state index is 12.0. The molecular formula is C44H93ClN8O8. The Labute approximate surface area is 378 Å². The summed E-state index contributed by atoms with van der Waals surface area (Å²) in [6.45, 7) is 45.9. The first-order valence-corrected chi connectivity index (χ1v) is 22.2. The van der Waals surface area contributed by atoms with Gasteiger partial charge in [-0.2, -0.15) is 0 Å². The lowest BCUT2D eigenvalue weighted by Crippen LogP contribution is -2.55. The Balaban J connectivity index is 0.000000802. The molecule has 4 N–H and O–H groups in total. The number of ether oxygens (including phenoxy) is 6. The average molecular weight is 898 g/mol. The largest absolute Gasteiger partial charge is 0.444 e. The number of halogens is 1. The number of carbonyl (C=O) groups excluding carboxylic acids is 2. The first-order valence-electron chi connectivity index (χ1n) is 22.2. The third-order valence-electron chi connectivity index (χ3n) is 11.0. The summed E-state index contributed by atoms with van der Waals surface area (Å²) in [6, 6.07) is 0. The van der Waals surface area contributed by atoms with Crippen molar-refractivity contribution in [1.82, 2.24) is 35.1 Å². The molecule has 0 aromatic heterocycles. The van der Waals surface area contributed by atoms with Gasteiger partial charge in [0.15, 0.2) is 0 Å². The number of morpholine rings is 4. The summed E-state index contributed by atoms with van der Waals surface area (Å²) in [5.74, 6) is 0. The van der Waals surface area contributed by atoms with Crippen molar-refractivity contribution in [1.29, 1.82) is 0 Å². The normalized spacial score (nSPS) is 19.3. The third kappa shape index (κ3) is 24.9. The Hall–Kier alpha value is -1.57. The van der Waals surface area contributed by atoms with E-state index in [1.807, 2.05) is 48.6 Å². The fraction of sp³-hybridized carbons (Fsp3) is 0.955. The van der Waals surface area contributed by atoms with Crippen LogP contribution in [0.5, 0.6) is 0 Å². The van der Waals surface area contributed by atoms with Gasteiger partial charge < -0.3 is 49.7 Å². The zero-order valence-electron chi connectivity index (χ0n) is 41.6. The molecule has 2 amide bonds. The molecule has 4 heterocycles. The highest BCUT2D eigenvalue weighted by molar-refractivity contribution is 5.85. The summed E-state index contributed by atoms with van der Waals surface area (Å²) in [7, 11) is 3.79. The van der Waals surface area contributed by atoms with Crippen molar-refractivity contribution < 1.29 is 38.0 Å². The molecule has 0 aromatic rings. The number of likely N-dealkylation sites (N-methyl/N-ethyl adjacent to an activating group) is 2. The maximum absolute atomic E-state index is 12.0. The Kier molecular flexibility index (Phi) is 27.0. The SMILES string of the molecule is CC(C)(C)OC(=O)NCC(C)(C)N1CCOCC1.CC(C)(CN)N1CCOCC1.CN(CC(C)(C)N1CCOCC1)C(=O)OC(C)(C)C.CNCC(C)(C)N1CCOCC1.Cl. The van der Waals surface area contributed by atoms with Crippen LogP contribution in [0, 0.1) is 0 Å². The van der Waals surface area contributed by atoms with Gasteiger partial charge in [0.2, 0.25) is 0 Å². The molecule has 0 atom stereocenters. The van der Waals surface area contributed by atoms with Gasteiger partial charge in [0.25, 0.3) is 0 Å². The number of rotatable bonds is 11. The Morgan fingerprint density at radius 3 is 1.16 bits per heavy atom. The van der Waals surface area contributed by atoms with Gasteiger partial charge in [-0.25, -0.2) is 9.59 Å². The predicted molar refractivity (Wildman–Crippen MR) is 249 cm³/mol. The van der Waals surface area contributed by atoms with E-state index in [9.17, 15) is 9.59 Å². The van der Waals surface area contributed by atoms with Crippen LogP contribution in [0.25, 0.3) is 0 Å². The molecule has 4 fully saturated rings. The Bertz CT molecular complexity index is 1190. The molecular weight excluding hydrogens is 804 g/mol. The molecule has 4 saturated heterocycles. The van der Waals surface area contributed by atoms with Gasteiger partial charge in [0.05, 0.1) is 52.9 Å². The van der Waals surface area contributed by atoms with Crippen LogP contribution in [0.15, 0.2) is 0 Å². The quantitative estimate of drug-likeness (QED) is 0.269. The van der Waals surface area contributed by atoms with Crippen molar-refractivity contribution in [3.63, 3.8) is 0 Å². The fourth-order valence-corrected chi connectivity index (χ4v) is 7.15. The molecule has 0 unspecified atom stereocenters. The van der Waals surface area contributed by atoms with Crippen LogP contribution < -0.4 is 16.4 Å². The van der Waals surface area contributed by atoms with Crippen LogP contribution in [-0.4, -0.2) is 216 Å². The van der Waals surface area contributed by atoms with E-state index in [0.717, 1.165) is 112 Å². The van der Waals surface area contributed by atoms with Crippen LogP contribution in [0.3, 0.4) is 0 Å². The molecule has 364 valence electrons. The molecule has 17 heteroatoms. The molecule has 4 aliphatic rings. The van der Waals surface area contributed by atoms with Crippen LogP contribution >= 0.6 is 12.4 Å². The number of nitrogens with one attached hydrogen (secondary N) is 2. The standard InChI is InChI=1S/C14H28N2O3.C13H26N2O3.C9H20N2O.C8H18N2O.ClH/c1-13(2,3)19-12(17)15(6)11-14(4,5)16-7-9-18-10-8-16;1-12(2,3)18-11(16)14-10-13(4,5)15-6-8-17-9-7-15;1-9(2,8-10-3)11-4-6-12-7-5-11;1-8(2,7-9)10-3-5-11-6-4-10;/h7-11H2,1-6H3;6-10H2,1-5H3,(H,14,16);10H,4-8H2,1-3H3;3-7,9H2,1-2H3;1H. The van der Waals surface area contributed by atoms with Gasteiger partial charge in [0, 0.05) is 108 Å². The molecule has 4 aliphatic heterocycles. The average Bonchev–Trinajstić information content (AvgIpc) is 3.18. The van der Waals surface area contributed by atoms with E-state index in [0.29, 0.717) is 19.6 Å². The number of amides is 2. The summed E-state index contributed by atoms with van der Waals surface area (Å²) in [4.78, 5) is 34.8. The molecule has 0 spiro atoms. The van der Waals surface area contributed by atoms with E-state index in [4.69, 9.17) is 34.2 Å². The highest BCUT2D eigenvalue weighted by Crippen LogP contribution is 2.20. The molecule has 0 aromatic carbocycles. The monoisotopic (exact) mass is 897 g/mol. The maximum Gasteiger partial charge on any atom is 0.410 e. The third-order valence-corrected chi connectivity index (χ3v) is 11.0. The van der Waals surface area contributed by atoms with Crippen molar-refractivity contribution in [2.45, 2.75) is 130 Å². The van der Waals surface area contributed by atoms with Crippen molar-refractivity contribution in [2.24, 2.45) is 5.73 Å². The Morgan fingerprint density at radius 2 is 0.852 bits per heavy atom. The number of hydrogen-bond acceptors (Lipinski definition) is 14. The molecule has 0 bridgehead atoms. The minimum absolute atomic E-state index is 0. The number of alkyl carbamates (subject to hydrolysis) is 1. The lowest BCUT2D eigenvalue weighted by molar-refractivity contribution is -0.0247. The van der Waals surface area contributed by atoms with Crippen LogP contribution in [0.2, 0.25) is 0 Å². The van der Waals surface area contributed by atoms with Gasteiger partial charge in [0.1, 0.15) is 11.2 Å². The molecule has 16 nitrogen and oxygen atoms in total. The second kappa shape index (κ2) is 27.7. The summed E-state index contributed by atoms with van der Waals surface area (Å²) in [6.07, 6.45) is -0.627. The summed E-state index contributed by atoms with van der Waals surface area (Å²) >= 11 is 0. The van der Waals surface area contributed by atoms with Crippen molar-refractivity contribution >= 4 is 24.6 Å². The Morgan fingerprint density at radius 1 is 0.541 bits per heavy atom. The second-order valence-corrected chi connectivity index (χ2v) is 20.6. The van der Waals surface area contributed by atoms with E-state index in [1.165, 1.54) is 0 Å². The minimum Gasteiger partial charge on any atom is -0.444 e. The van der Waals surface area contributed by atoms with Crippen LogP contribution in [0.4, 0.5) is 9.59 Å². The number of nitrogens with two attached hydrogens (primary N) is 1. The number of carbonyl (C=O) groups is 2. The summed E-state index contributed by atoms with van der Waals surface area (Å²) < 4.78 is 31.9. The molecule has 0 saturated carbocycles. The smallest absolute Gasteiger partial charge is 0.410 e.